The zero-order chi connectivity index (χ0) is 14.3. The van der Waals surface area contributed by atoms with Gasteiger partial charge in [-0.05, 0) is 19.8 Å². The Hall–Kier alpha value is -0.0800. The number of unbranched alkanes of at least 4 members (excludes halogenated alkanes) is 9. The molecule has 0 amide bonds. The first-order chi connectivity index (χ1) is 9.20. The predicted octanol–water partition coefficient (Wildman–Crippen LogP) is 5.05. The van der Waals surface area contributed by atoms with Crippen LogP contribution in [-0.4, -0.2) is 19.3 Å². The number of hydrogen-bond donors (Lipinski definition) is 1. The van der Waals surface area contributed by atoms with Crippen LogP contribution in [0.2, 0.25) is 0 Å². The molecule has 0 spiro atoms. The van der Waals surface area contributed by atoms with Crippen molar-refractivity contribution in [2.75, 3.05) is 7.11 Å². The first kappa shape index (κ1) is 18.9. The highest BCUT2D eigenvalue weighted by Crippen LogP contribution is 2.13. The highest BCUT2D eigenvalue weighted by molar-refractivity contribution is 4.65. The van der Waals surface area contributed by atoms with E-state index in [-0.39, 0.29) is 0 Å². The molecular formula is C17H37NO. The molecule has 2 unspecified atom stereocenters. The molecule has 0 rings (SSSR count). The minimum absolute atomic E-state index is 0.304. The molecule has 19 heavy (non-hydrogen) atoms. The number of hydrogen-bond acceptors (Lipinski definition) is 2. The summed E-state index contributed by atoms with van der Waals surface area (Å²) in [5, 5.41) is 0. The van der Waals surface area contributed by atoms with E-state index >= 15 is 0 Å². The molecule has 2 nitrogen and oxygen atoms in total. The second kappa shape index (κ2) is 14.3. The van der Waals surface area contributed by atoms with Gasteiger partial charge in [0.05, 0.1) is 6.10 Å². The molecule has 0 bridgehead atoms. The molecule has 0 aliphatic heterocycles. The number of ether oxygens (including phenoxy) is 1. The van der Waals surface area contributed by atoms with Crippen molar-refractivity contribution in [3.8, 4) is 0 Å². The normalized spacial score (nSPS) is 14.5. The van der Waals surface area contributed by atoms with Crippen LogP contribution in [0, 0.1) is 0 Å². The fraction of sp³-hybridized carbons (Fsp3) is 1.00. The second-order valence-electron chi connectivity index (χ2n) is 6.01. The molecule has 0 fully saturated rings. The van der Waals surface area contributed by atoms with E-state index in [0.29, 0.717) is 12.1 Å². The van der Waals surface area contributed by atoms with E-state index in [9.17, 15) is 0 Å². The number of rotatable bonds is 14. The molecule has 0 aromatic heterocycles. The first-order valence-corrected chi connectivity index (χ1v) is 8.49. The fourth-order valence-corrected chi connectivity index (χ4v) is 2.53. The fourth-order valence-electron chi connectivity index (χ4n) is 2.53. The summed E-state index contributed by atoms with van der Waals surface area (Å²) in [6.45, 7) is 4.37. The smallest absolute Gasteiger partial charge is 0.0558 e. The average Bonchev–Trinajstić information content (AvgIpc) is 2.40. The summed E-state index contributed by atoms with van der Waals surface area (Å²) >= 11 is 0. The van der Waals surface area contributed by atoms with E-state index in [1.807, 2.05) is 0 Å². The second-order valence-corrected chi connectivity index (χ2v) is 6.01. The van der Waals surface area contributed by atoms with Gasteiger partial charge >= 0.3 is 0 Å². The topological polar surface area (TPSA) is 35.2 Å². The summed E-state index contributed by atoms with van der Waals surface area (Å²) in [6, 6.07) is 0.323. The lowest BCUT2D eigenvalue weighted by Gasteiger charge is -2.15. The van der Waals surface area contributed by atoms with Gasteiger partial charge in [-0.25, -0.2) is 0 Å². The van der Waals surface area contributed by atoms with Gasteiger partial charge in [-0.1, -0.05) is 71.1 Å². The van der Waals surface area contributed by atoms with Gasteiger partial charge in [-0.2, -0.15) is 0 Å². The Balaban J connectivity index is 3.13. The van der Waals surface area contributed by atoms with Crippen LogP contribution in [0.5, 0.6) is 0 Å². The van der Waals surface area contributed by atoms with E-state index in [1.54, 1.807) is 7.11 Å². The number of nitrogens with two attached hydrogens (primary N) is 1. The Labute approximate surface area is 121 Å². The zero-order valence-electron chi connectivity index (χ0n) is 13.6. The third-order valence-corrected chi connectivity index (χ3v) is 3.97. The Bertz CT molecular complexity index is 173. The highest BCUT2D eigenvalue weighted by Gasteiger charge is 2.07. The lowest BCUT2D eigenvalue weighted by Crippen LogP contribution is -2.25. The van der Waals surface area contributed by atoms with E-state index in [2.05, 4.69) is 13.8 Å². The van der Waals surface area contributed by atoms with Gasteiger partial charge in [0.2, 0.25) is 0 Å². The summed E-state index contributed by atoms with van der Waals surface area (Å²) in [5.41, 5.74) is 6.08. The van der Waals surface area contributed by atoms with Crippen molar-refractivity contribution in [1.82, 2.24) is 0 Å². The molecule has 0 saturated heterocycles. The molecule has 0 aromatic carbocycles. The van der Waals surface area contributed by atoms with Crippen LogP contribution in [0.3, 0.4) is 0 Å². The van der Waals surface area contributed by atoms with Crippen LogP contribution in [0.1, 0.15) is 90.9 Å². The quantitative estimate of drug-likeness (QED) is 0.449. The van der Waals surface area contributed by atoms with Gasteiger partial charge in [-0.15, -0.1) is 0 Å². The van der Waals surface area contributed by atoms with E-state index in [1.165, 1.54) is 64.2 Å². The number of methoxy groups -OCH3 is 1. The molecule has 0 aliphatic carbocycles. The first-order valence-electron chi connectivity index (χ1n) is 8.49. The van der Waals surface area contributed by atoms with Crippen molar-refractivity contribution in [3.05, 3.63) is 0 Å². The minimum atomic E-state index is 0.304. The van der Waals surface area contributed by atoms with Crippen molar-refractivity contribution < 1.29 is 4.74 Å². The molecule has 0 saturated carbocycles. The molecule has 0 heterocycles. The Morgan fingerprint density at radius 1 is 0.842 bits per heavy atom. The van der Waals surface area contributed by atoms with Crippen molar-refractivity contribution in [1.29, 1.82) is 0 Å². The maximum Gasteiger partial charge on any atom is 0.0558 e. The third-order valence-electron chi connectivity index (χ3n) is 3.97. The van der Waals surface area contributed by atoms with Crippen LogP contribution in [0.15, 0.2) is 0 Å². The van der Waals surface area contributed by atoms with Gasteiger partial charge < -0.3 is 10.5 Å². The molecule has 2 N–H and O–H groups in total. The maximum atomic E-state index is 6.08. The van der Waals surface area contributed by atoms with Crippen molar-refractivity contribution >= 4 is 0 Å². The Morgan fingerprint density at radius 2 is 1.32 bits per heavy atom. The van der Waals surface area contributed by atoms with Gasteiger partial charge in [0.15, 0.2) is 0 Å². The van der Waals surface area contributed by atoms with Crippen molar-refractivity contribution in [3.63, 3.8) is 0 Å². The molecule has 2 atom stereocenters. The Kier molecular flexibility index (Phi) is 14.3. The van der Waals surface area contributed by atoms with E-state index in [0.717, 1.165) is 12.8 Å². The summed E-state index contributed by atoms with van der Waals surface area (Å²) in [5.74, 6) is 0. The summed E-state index contributed by atoms with van der Waals surface area (Å²) in [7, 11) is 1.76. The molecule has 0 aliphatic rings. The lowest BCUT2D eigenvalue weighted by atomic mass is 10.0. The summed E-state index contributed by atoms with van der Waals surface area (Å²) < 4.78 is 5.24. The molecule has 116 valence electrons. The van der Waals surface area contributed by atoms with Crippen LogP contribution in [-0.2, 0) is 4.74 Å². The molecule has 2 heteroatoms. The maximum absolute atomic E-state index is 6.08. The summed E-state index contributed by atoms with van der Waals surface area (Å²) in [6.07, 6.45) is 16.4. The molecule has 0 radical (unpaired) electrons. The highest BCUT2D eigenvalue weighted by atomic mass is 16.5. The van der Waals surface area contributed by atoms with Crippen LogP contribution >= 0.6 is 0 Å². The van der Waals surface area contributed by atoms with Crippen LogP contribution < -0.4 is 5.73 Å². The molecular weight excluding hydrogens is 234 g/mol. The van der Waals surface area contributed by atoms with Gasteiger partial charge in [-0.3, -0.25) is 0 Å². The lowest BCUT2D eigenvalue weighted by molar-refractivity contribution is 0.103. The largest absolute Gasteiger partial charge is 0.382 e. The standard InChI is InChI=1S/C17H37NO/c1-4-5-6-7-8-9-10-11-12-13-14-17(18)15-16(2)19-3/h16-17H,4-15,18H2,1-3H3. The summed E-state index contributed by atoms with van der Waals surface area (Å²) in [4.78, 5) is 0. The predicted molar refractivity (Wildman–Crippen MR) is 85.5 cm³/mol. The Morgan fingerprint density at radius 3 is 1.79 bits per heavy atom. The van der Waals surface area contributed by atoms with Gasteiger partial charge in [0.25, 0.3) is 0 Å². The monoisotopic (exact) mass is 271 g/mol. The van der Waals surface area contributed by atoms with Crippen molar-refractivity contribution in [2.45, 2.75) is 103 Å². The average molecular weight is 271 g/mol. The minimum Gasteiger partial charge on any atom is -0.382 e. The van der Waals surface area contributed by atoms with Gasteiger partial charge in [0.1, 0.15) is 0 Å². The van der Waals surface area contributed by atoms with E-state index < -0.39 is 0 Å². The van der Waals surface area contributed by atoms with Crippen LogP contribution in [0.4, 0.5) is 0 Å². The van der Waals surface area contributed by atoms with E-state index in [4.69, 9.17) is 10.5 Å². The zero-order valence-corrected chi connectivity index (χ0v) is 13.6. The van der Waals surface area contributed by atoms with Crippen LogP contribution in [0.25, 0.3) is 0 Å². The van der Waals surface area contributed by atoms with Gasteiger partial charge in [0, 0.05) is 13.2 Å². The molecule has 0 aromatic rings. The SMILES string of the molecule is CCCCCCCCCCCCC(N)CC(C)OC. The van der Waals surface area contributed by atoms with Crippen molar-refractivity contribution in [2.24, 2.45) is 5.73 Å². The third kappa shape index (κ3) is 14.1.